The van der Waals surface area contributed by atoms with Gasteiger partial charge in [-0.25, -0.2) is 0 Å². The van der Waals surface area contributed by atoms with Crippen molar-refractivity contribution in [3.05, 3.63) is 0 Å². The Balaban J connectivity index is 1.38. The van der Waals surface area contributed by atoms with Crippen molar-refractivity contribution in [2.24, 2.45) is 47.3 Å². The summed E-state index contributed by atoms with van der Waals surface area (Å²) < 4.78 is 0. The van der Waals surface area contributed by atoms with Gasteiger partial charge in [0.25, 0.3) is 0 Å². The van der Waals surface area contributed by atoms with Gasteiger partial charge in [0.05, 0.1) is 0 Å². The molecule has 4 bridgehead atoms. The van der Waals surface area contributed by atoms with Gasteiger partial charge in [0, 0.05) is 0 Å². The summed E-state index contributed by atoms with van der Waals surface area (Å²) in [6, 6.07) is 0. The fourth-order valence-corrected chi connectivity index (χ4v) is 7.03. The van der Waals surface area contributed by atoms with Gasteiger partial charge in [-0.3, -0.25) is 0 Å². The lowest BCUT2D eigenvalue weighted by atomic mass is 9.53. The Morgan fingerprint density at radius 2 is 1.31 bits per heavy atom. The van der Waals surface area contributed by atoms with Crippen LogP contribution in [0, 0.1) is 47.3 Å². The maximum Gasteiger partial charge on any atom is -0.0323 e. The highest BCUT2D eigenvalue weighted by Gasteiger charge is 2.60. The van der Waals surface area contributed by atoms with E-state index in [2.05, 4.69) is 0 Å². The molecule has 88 valence electrons. The van der Waals surface area contributed by atoms with Crippen molar-refractivity contribution in [1.82, 2.24) is 0 Å². The monoisotopic (exact) mass is 216 g/mol. The maximum atomic E-state index is 1.67. The molecule has 0 saturated heterocycles. The summed E-state index contributed by atoms with van der Waals surface area (Å²) in [5.41, 5.74) is 0. The highest BCUT2D eigenvalue weighted by atomic mass is 14.7. The van der Waals surface area contributed by atoms with Crippen LogP contribution >= 0.6 is 0 Å². The summed E-state index contributed by atoms with van der Waals surface area (Å²) in [4.78, 5) is 0. The molecule has 0 heterocycles. The summed E-state index contributed by atoms with van der Waals surface area (Å²) >= 11 is 0. The smallest absolute Gasteiger partial charge is 0.0323 e. The molecule has 0 amide bonds. The van der Waals surface area contributed by atoms with Crippen LogP contribution < -0.4 is 0 Å². The molecule has 0 heteroatoms. The van der Waals surface area contributed by atoms with Gasteiger partial charge in [-0.1, -0.05) is 6.42 Å². The highest BCUT2D eigenvalue weighted by molar-refractivity contribution is 5.09. The Morgan fingerprint density at radius 3 is 2.06 bits per heavy atom. The molecule has 0 aliphatic heterocycles. The summed E-state index contributed by atoms with van der Waals surface area (Å²) in [6.45, 7) is 0. The lowest BCUT2D eigenvalue weighted by Gasteiger charge is -2.52. The summed E-state index contributed by atoms with van der Waals surface area (Å²) in [7, 11) is 0. The van der Waals surface area contributed by atoms with Crippen LogP contribution in [0.1, 0.15) is 51.4 Å². The summed E-state index contributed by atoms with van der Waals surface area (Å²) in [5.74, 6) is 9.65. The largest absolute Gasteiger partial charge is 0.0502 e. The zero-order valence-corrected chi connectivity index (χ0v) is 10.3. The van der Waals surface area contributed by atoms with Gasteiger partial charge in [-0.2, -0.15) is 0 Å². The van der Waals surface area contributed by atoms with E-state index in [0.29, 0.717) is 0 Å². The van der Waals surface area contributed by atoms with Gasteiger partial charge in [0.2, 0.25) is 0 Å². The third kappa shape index (κ3) is 0.946. The molecule has 16 heavy (non-hydrogen) atoms. The van der Waals surface area contributed by atoms with E-state index in [1.807, 2.05) is 0 Å². The van der Waals surface area contributed by atoms with Crippen LogP contribution in [0.2, 0.25) is 0 Å². The molecule has 0 aromatic heterocycles. The Morgan fingerprint density at radius 1 is 0.500 bits per heavy atom. The average molecular weight is 216 g/mol. The van der Waals surface area contributed by atoms with Crippen molar-refractivity contribution in [1.29, 1.82) is 0 Å². The number of hydrogen-bond donors (Lipinski definition) is 0. The molecule has 8 unspecified atom stereocenters. The van der Waals surface area contributed by atoms with Crippen LogP contribution in [0.5, 0.6) is 0 Å². The number of hydrogen-bond acceptors (Lipinski definition) is 0. The van der Waals surface area contributed by atoms with Crippen LogP contribution in [0.4, 0.5) is 0 Å². The SMILES string of the molecule is C1CC2CC1CC2C1CC2C3CCC(C3)C21. The lowest BCUT2D eigenvalue weighted by molar-refractivity contribution is -0.0338. The van der Waals surface area contributed by atoms with Crippen LogP contribution in [0.15, 0.2) is 0 Å². The molecular weight excluding hydrogens is 192 g/mol. The molecule has 5 rings (SSSR count). The third-order valence-corrected chi connectivity index (χ3v) is 7.54. The van der Waals surface area contributed by atoms with Crippen molar-refractivity contribution < 1.29 is 0 Å². The topological polar surface area (TPSA) is 0 Å². The molecule has 0 aromatic rings. The van der Waals surface area contributed by atoms with Crippen molar-refractivity contribution >= 4 is 0 Å². The highest BCUT2D eigenvalue weighted by Crippen LogP contribution is 2.68. The molecule has 5 fully saturated rings. The number of rotatable bonds is 1. The third-order valence-electron chi connectivity index (χ3n) is 7.54. The molecule has 0 radical (unpaired) electrons. The summed E-state index contributed by atoms with van der Waals surface area (Å²) in [5, 5.41) is 0. The average Bonchev–Trinajstić information content (AvgIpc) is 2.93. The van der Waals surface area contributed by atoms with Gasteiger partial charge in [0.15, 0.2) is 0 Å². The second-order valence-electron chi connectivity index (χ2n) is 7.81. The molecule has 5 saturated carbocycles. The molecule has 5 aliphatic rings. The molecule has 0 nitrogen and oxygen atoms in total. The molecule has 5 aliphatic carbocycles. The Bertz CT molecular complexity index is 311. The van der Waals surface area contributed by atoms with Crippen LogP contribution in [0.25, 0.3) is 0 Å². The maximum absolute atomic E-state index is 1.67. The second kappa shape index (κ2) is 2.87. The van der Waals surface area contributed by atoms with E-state index in [0.717, 1.165) is 0 Å². The second-order valence-corrected chi connectivity index (χ2v) is 7.81. The van der Waals surface area contributed by atoms with Crippen molar-refractivity contribution in [2.45, 2.75) is 51.4 Å². The molecule has 8 atom stereocenters. The molecule has 0 aromatic carbocycles. The standard InChI is InChI=1S/C16H24/c1-2-10-5-9(1)6-13(10)15-8-14-11-3-4-12(7-11)16(14)15/h9-16H,1-8H2. The zero-order valence-electron chi connectivity index (χ0n) is 10.3. The van der Waals surface area contributed by atoms with E-state index in [1.165, 1.54) is 47.3 Å². The summed E-state index contributed by atoms with van der Waals surface area (Å²) in [6.07, 6.45) is 13.0. The van der Waals surface area contributed by atoms with Crippen molar-refractivity contribution in [3.8, 4) is 0 Å². The van der Waals surface area contributed by atoms with Gasteiger partial charge in [-0.15, -0.1) is 0 Å². The quantitative estimate of drug-likeness (QED) is 0.619. The van der Waals surface area contributed by atoms with Gasteiger partial charge < -0.3 is 0 Å². The Kier molecular flexibility index (Phi) is 1.61. The molecule has 0 N–H and O–H groups in total. The molecular formula is C16H24. The predicted octanol–water partition coefficient (Wildman–Crippen LogP) is 4.10. The Labute approximate surface area is 99.2 Å². The van der Waals surface area contributed by atoms with E-state index in [4.69, 9.17) is 0 Å². The van der Waals surface area contributed by atoms with Gasteiger partial charge >= 0.3 is 0 Å². The van der Waals surface area contributed by atoms with Crippen molar-refractivity contribution in [2.75, 3.05) is 0 Å². The van der Waals surface area contributed by atoms with E-state index in [9.17, 15) is 0 Å². The fourth-order valence-electron chi connectivity index (χ4n) is 7.03. The fraction of sp³-hybridized carbons (Fsp3) is 1.00. The van der Waals surface area contributed by atoms with E-state index >= 15 is 0 Å². The lowest BCUT2D eigenvalue weighted by Crippen LogP contribution is -2.45. The Hall–Kier alpha value is 0. The van der Waals surface area contributed by atoms with Crippen LogP contribution in [0.3, 0.4) is 0 Å². The van der Waals surface area contributed by atoms with Crippen molar-refractivity contribution in [3.63, 3.8) is 0 Å². The first-order chi connectivity index (χ1) is 7.90. The zero-order chi connectivity index (χ0) is 10.3. The van der Waals surface area contributed by atoms with E-state index < -0.39 is 0 Å². The van der Waals surface area contributed by atoms with Gasteiger partial charge in [-0.05, 0) is 92.3 Å². The van der Waals surface area contributed by atoms with Crippen LogP contribution in [-0.4, -0.2) is 0 Å². The minimum Gasteiger partial charge on any atom is -0.0502 e. The van der Waals surface area contributed by atoms with E-state index in [1.54, 1.807) is 51.4 Å². The van der Waals surface area contributed by atoms with Gasteiger partial charge in [0.1, 0.15) is 0 Å². The minimum absolute atomic E-state index is 1.17. The predicted molar refractivity (Wildman–Crippen MR) is 64.9 cm³/mol. The van der Waals surface area contributed by atoms with E-state index in [-0.39, 0.29) is 0 Å². The first-order valence-electron chi connectivity index (χ1n) is 7.90. The normalized spacial score (nSPS) is 66.0. The number of fused-ring (bicyclic) bond motifs is 7. The first kappa shape index (κ1) is 9.00. The minimum atomic E-state index is 1.17. The van der Waals surface area contributed by atoms with Crippen LogP contribution in [-0.2, 0) is 0 Å². The molecule has 0 spiro atoms. The first-order valence-corrected chi connectivity index (χ1v) is 7.90.